The molecule has 5 heterocycles. The molecule has 430 valence electrons. The highest BCUT2D eigenvalue weighted by atomic mass is 79.9. The predicted octanol–water partition coefficient (Wildman–Crippen LogP) is 15.6. The molecule has 6 aromatic rings. The summed E-state index contributed by atoms with van der Waals surface area (Å²) >= 11 is 29.0. The second-order valence-corrected chi connectivity index (χ2v) is 22.3. The van der Waals surface area contributed by atoms with Gasteiger partial charge in [-0.1, -0.05) is 46.4 Å². The minimum absolute atomic E-state index is 0.00102. The molecule has 0 aliphatic carbocycles. The normalized spacial score (nSPS) is 14.6. The van der Waals surface area contributed by atoms with Crippen molar-refractivity contribution >= 4 is 110 Å². The third-order valence-corrected chi connectivity index (χ3v) is 15.3. The highest BCUT2D eigenvalue weighted by Gasteiger charge is 2.74. The zero-order chi connectivity index (χ0) is 60.7. The van der Waals surface area contributed by atoms with Crippen LogP contribution in [0.15, 0.2) is 65.0 Å². The molecule has 1 aliphatic heterocycles. The first kappa shape index (κ1) is 65.6. The van der Waals surface area contributed by atoms with Gasteiger partial charge >= 0.3 is 55.1 Å². The molecule has 4 aromatic heterocycles. The summed E-state index contributed by atoms with van der Waals surface area (Å²) in [6, 6.07) is 7.54. The summed E-state index contributed by atoms with van der Waals surface area (Å²) in [5.41, 5.74) is -15.9. The van der Waals surface area contributed by atoms with Crippen molar-refractivity contribution in [3.8, 4) is 34.0 Å². The van der Waals surface area contributed by atoms with Crippen LogP contribution in [0.2, 0.25) is 20.1 Å². The Labute approximate surface area is 479 Å². The SMILES string of the molecule is CC1(C)OB(c2cnn(-c3c(Cl)cc(C(F)(C(F)(F)F)C(F)(F)F)cc3Cl)c2)OC1(C)C.CCOC(=O)c1cc(-c2cnn(-c3c(Cl)cc(C(F)(C(F)(F)F)C(F)(F)F)cc3Cl)c2)sc1C#N.CCOC(=O)c1cc(Br)sc1C#N. The van der Waals surface area contributed by atoms with Gasteiger partial charge in [0, 0.05) is 45.6 Å². The van der Waals surface area contributed by atoms with Crippen LogP contribution in [0.1, 0.15) is 83.1 Å². The predicted molar refractivity (Wildman–Crippen MR) is 269 cm³/mol. The maximum atomic E-state index is 14.4. The van der Waals surface area contributed by atoms with Crippen LogP contribution < -0.4 is 5.46 Å². The minimum atomic E-state index is -6.34. The monoisotopic (exact) mass is 1320 g/mol. The number of carbonyl (C=O) groups excluding carboxylic acids is 2. The van der Waals surface area contributed by atoms with Gasteiger partial charge in [-0.15, -0.1) is 22.7 Å². The van der Waals surface area contributed by atoms with E-state index < -0.39 is 97.5 Å². The van der Waals surface area contributed by atoms with Gasteiger partial charge in [0.25, 0.3) is 0 Å². The van der Waals surface area contributed by atoms with Crippen LogP contribution in [0.25, 0.3) is 21.8 Å². The molecule has 1 aliphatic rings. The number of hydrogen-bond acceptors (Lipinski definition) is 12. The summed E-state index contributed by atoms with van der Waals surface area (Å²) in [7, 11) is -0.848. The summed E-state index contributed by atoms with van der Waals surface area (Å²) in [6.07, 6.45) is -20.1. The number of rotatable bonds is 10. The summed E-state index contributed by atoms with van der Waals surface area (Å²) < 4.78 is 210. The molecule has 1 saturated heterocycles. The Hall–Kier alpha value is -5.18. The average Bonchev–Trinajstić information content (AvgIpc) is 4.23. The van der Waals surface area contributed by atoms with Crippen molar-refractivity contribution in [2.75, 3.05) is 13.2 Å². The Bertz CT molecular complexity index is 3300. The lowest BCUT2D eigenvalue weighted by Gasteiger charge is -2.32. The molecule has 0 atom stereocenters. The highest BCUT2D eigenvalue weighted by Crippen LogP contribution is 2.56. The fourth-order valence-corrected chi connectivity index (χ4v) is 10.5. The Kier molecular flexibility index (Phi) is 19.7. The molecule has 0 saturated carbocycles. The van der Waals surface area contributed by atoms with Crippen LogP contribution in [0, 0.1) is 22.7 Å². The quantitative estimate of drug-likeness (QED) is 0.0735. The fraction of sp³-hybridized carbons (Fsp3) is 0.348. The van der Waals surface area contributed by atoms with Crippen molar-refractivity contribution in [3.05, 3.63) is 117 Å². The van der Waals surface area contributed by atoms with Gasteiger partial charge in [0.15, 0.2) is 0 Å². The smallest absolute Gasteiger partial charge is 0.462 e. The summed E-state index contributed by atoms with van der Waals surface area (Å²) in [5, 5.41) is 23.0. The molecule has 12 nitrogen and oxygen atoms in total. The number of carbonyl (C=O) groups is 2. The number of nitrogens with zero attached hydrogens (tertiary/aromatic N) is 6. The van der Waals surface area contributed by atoms with Crippen molar-refractivity contribution in [2.45, 2.75) is 88.8 Å². The maximum Gasteiger partial charge on any atom is 0.498 e. The van der Waals surface area contributed by atoms with Gasteiger partial charge in [0.2, 0.25) is 0 Å². The van der Waals surface area contributed by atoms with Crippen molar-refractivity contribution in [2.24, 2.45) is 0 Å². The van der Waals surface area contributed by atoms with E-state index in [9.17, 15) is 76.3 Å². The molecule has 1 fully saturated rings. The Morgan fingerprint density at radius 3 is 1.36 bits per heavy atom. The van der Waals surface area contributed by atoms with Gasteiger partial charge < -0.3 is 18.8 Å². The molecule has 7 rings (SSSR count). The number of esters is 2. The number of hydrogen-bond donors (Lipinski definition) is 0. The first-order valence-corrected chi connectivity index (χ1v) is 25.8. The van der Waals surface area contributed by atoms with Gasteiger partial charge in [-0.2, -0.15) is 73.4 Å². The largest absolute Gasteiger partial charge is 0.498 e. The second kappa shape index (κ2) is 24.0. The number of halogens is 19. The molecule has 0 amide bonds. The van der Waals surface area contributed by atoms with Crippen molar-refractivity contribution < 1.29 is 89.8 Å². The van der Waals surface area contributed by atoms with E-state index >= 15 is 0 Å². The van der Waals surface area contributed by atoms with Gasteiger partial charge in [0.1, 0.15) is 33.3 Å². The van der Waals surface area contributed by atoms with E-state index in [1.807, 2.05) is 39.8 Å². The lowest BCUT2D eigenvalue weighted by molar-refractivity contribution is -0.349. The van der Waals surface area contributed by atoms with Crippen LogP contribution >= 0.6 is 85.0 Å². The van der Waals surface area contributed by atoms with Crippen LogP contribution in [0.3, 0.4) is 0 Å². The molecule has 2 aromatic carbocycles. The van der Waals surface area contributed by atoms with Gasteiger partial charge in [-0.25, -0.2) is 27.7 Å². The molecule has 0 bridgehead atoms. The first-order chi connectivity index (χ1) is 36.7. The Morgan fingerprint density at radius 1 is 0.625 bits per heavy atom. The molecule has 0 spiro atoms. The standard InChI is InChI=1S/C20H10Cl2F7N3O2S.C18H16BCl2F7N2O2.C8H6BrNO2S/c1-2-34-17(33)11-5-14(35-15(11)6-30)9-7-31-32(8-9)16-12(21)3-10(4-13(16)22)18(23,19(24,25)26)20(27,28)29;1-14(2)15(3,4)32-19(31-14)10-7-29-30(8-10)13-11(20)5-9(6-12(13)21)16(22,17(23,24)25)18(26,27)28;1-2-12-8(11)5-3-7(9)13-6(5)4-10/h3-5,7-8H,2H2,1H3;5-8H,1-4H3;3H,2H2,1H3. The van der Waals surface area contributed by atoms with Crippen LogP contribution in [-0.4, -0.2) is 87.7 Å². The molecule has 34 heteroatoms. The fourth-order valence-electron chi connectivity index (χ4n) is 6.86. The van der Waals surface area contributed by atoms with E-state index in [-0.39, 0.29) is 52.7 Å². The lowest BCUT2D eigenvalue weighted by Crippen LogP contribution is -2.50. The number of nitriles is 2. The number of ether oxygens (including phenoxy) is 2. The van der Waals surface area contributed by atoms with Gasteiger partial charge in [-0.05, 0) is 93.9 Å². The Morgan fingerprint density at radius 2 is 0.988 bits per heavy atom. The number of aromatic nitrogens is 4. The van der Waals surface area contributed by atoms with E-state index in [0.29, 0.717) is 33.0 Å². The topological polar surface area (TPSA) is 154 Å². The van der Waals surface area contributed by atoms with Gasteiger partial charge in [0.05, 0.1) is 65.6 Å². The molecule has 0 unspecified atom stereocenters. The van der Waals surface area contributed by atoms with E-state index in [1.165, 1.54) is 42.2 Å². The van der Waals surface area contributed by atoms with Crippen LogP contribution in [0.5, 0.6) is 0 Å². The molecular formula is C46H32BBrCl4F14N6O6S2. The molecule has 0 N–H and O–H groups in total. The number of thiophene rings is 2. The van der Waals surface area contributed by atoms with Crippen molar-refractivity contribution in [3.63, 3.8) is 0 Å². The van der Waals surface area contributed by atoms with Gasteiger partial charge in [-0.3, -0.25) is 0 Å². The van der Waals surface area contributed by atoms with E-state index in [2.05, 4.69) is 26.1 Å². The summed E-state index contributed by atoms with van der Waals surface area (Å²) in [6.45, 7) is 11.0. The van der Waals surface area contributed by atoms with E-state index in [0.717, 1.165) is 24.5 Å². The lowest BCUT2D eigenvalue weighted by atomic mass is 9.82. The maximum absolute atomic E-state index is 14.4. The second-order valence-electron chi connectivity index (χ2n) is 17.2. The number of alkyl halides is 14. The molecular weight excluding hydrogens is 1300 g/mol. The zero-order valence-corrected chi connectivity index (χ0v) is 47.1. The highest BCUT2D eigenvalue weighted by molar-refractivity contribution is 9.11. The minimum Gasteiger partial charge on any atom is -0.462 e. The van der Waals surface area contributed by atoms with Crippen molar-refractivity contribution in [1.29, 1.82) is 10.5 Å². The van der Waals surface area contributed by atoms with Crippen molar-refractivity contribution in [1.82, 2.24) is 19.6 Å². The third-order valence-electron chi connectivity index (χ3n) is 11.5. The summed E-state index contributed by atoms with van der Waals surface area (Å²) in [5.74, 6) is -1.18. The number of benzene rings is 2. The van der Waals surface area contributed by atoms with Crippen LogP contribution in [0.4, 0.5) is 61.5 Å². The molecule has 80 heavy (non-hydrogen) atoms. The Balaban J connectivity index is 0.000000241. The zero-order valence-electron chi connectivity index (χ0n) is 40.9. The third kappa shape index (κ3) is 13.0. The first-order valence-electron chi connectivity index (χ1n) is 21.8. The van der Waals surface area contributed by atoms with E-state index in [1.54, 1.807) is 19.9 Å². The van der Waals surface area contributed by atoms with Crippen LogP contribution in [-0.2, 0) is 30.1 Å². The summed E-state index contributed by atoms with van der Waals surface area (Å²) in [4.78, 5) is 24.1. The molecule has 0 radical (unpaired) electrons. The average molecular weight is 1330 g/mol. The van der Waals surface area contributed by atoms with E-state index in [4.69, 9.17) is 70.4 Å².